The van der Waals surface area contributed by atoms with Crippen LogP contribution in [0.25, 0.3) is 0 Å². The number of ether oxygens (including phenoxy) is 1. The molecule has 1 aromatic carbocycles. The van der Waals surface area contributed by atoms with Gasteiger partial charge < -0.3 is 15.2 Å². The van der Waals surface area contributed by atoms with Gasteiger partial charge in [-0.2, -0.15) is 0 Å². The molecule has 1 rings (SSSR count). The molecule has 0 aliphatic rings. The highest BCUT2D eigenvalue weighted by Crippen LogP contribution is 2.19. The Hall–Kier alpha value is -1.26. The number of hydrogen-bond donors (Lipinski definition) is 2. The number of carbonyl (C=O) groups excluding carboxylic acids is 1. The van der Waals surface area contributed by atoms with Crippen molar-refractivity contribution in [3.05, 3.63) is 29.3 Å². The molecule has 0 aliphatic heterocycles. The normalized spacial score (nSPS) is 15.2. The molecule has 0 saturated carbocycles. The summed E-state index contributed by atoms with van der Waals surface area (Å²) in [5.74, 6) is 0.350. The van der Waals surface area contributed by atoms with Gasteiger partial charge in [-0.05, 0) is 44.9 Å². The summed E-state index contributed by atoms with van der Waals surface area (Å²) in [7, 11) is 0. The van der Waals surface area contributed by atoms with Crippen LogP contribution in [0.5, 0.6) is 5.75 Å². The van der Waals surface area contributed by atoms with E-state index < -0.39 is 11.6 Å². The number of aliphatic hydroxyl groups excluding tert-OH is 1. The zero-order chi connectivity index (χ0) is 15.2. The molecule has 2 N–H and O–H groups in total. The zero-order valence-electron chi connectivity index (χ0n) is 12.1. The quantitative estimate of drug-likeness (QED) is 0.814. The van der Waals surface area contributed by atoms with Gasteiger partial charge in [0.15, 0.2) is 6.10 Å². The Bertz CT molecular complexity index is 452. The highest BCUT2D eigenvalue weighted by molar-refractivity contribution is 6.30. The Kier molecular flexibility index (Phi) is 6.30. The van der Waals surface area contributed by atoms with E-state index >= 15 is 0 Å². The topological polar surface area (TPSA) is 58.6 Å². The summed E-state index contributed by atoms with van der Waals surface area (Å²) in [6.45, 7) is 5.60. The number of carbonyl (C=O) groups is 1. The molecule has 1 aromatic rings. The van der Waals surface area contributed by atoms with Crippen LogP contribution < -0.4 is 10.1 Å². The summed E-state index contributed by atoms with van der Waals surface area (Å²) in [6.07, 6.45) is 0.625. The monoisotopic (exact) mass is 299 g/mol. The second-order valence-electron chi connectivity index (χ2n) is 5.09. The van der Waals surface area contributed by atoms with Gasteiger partial charge in [0.25, 0.3) is 5.91 Å². The molecule has 5 heteroatoms. The third-order valence-corrected chi connectivity index (χ3v) is 3.58. The highest BCUT2D eigenvalue weighted by atomic mass is 35.5. The molecule has 0 saturated heterocycles. The van der Waals surface area contributed by atoms with E-state index in [1.54, 1.807) is 31.2 Å². The smallest absolute Gasteiger partial charge is 0.261 e. The van der Waals surface area contributed by atoms with Crippen molar-refractivity contribution in [1.29, 1.82) is 0 Å². The van der Waals surface area contributed by atoms with Gasteiger partial charge in [0.2, 0.25) is 0 Å². The van der Waals surface area contributed by atoms with Crippen LogP contribution in [0.2, 0.25) is 5.02 Å². The molecule has 0 bridgehead atoms. The predicted octanol–water partition coefficient (Wildman–Crippen LogP) is 2.77. The fraction of sp³-hybridized carbons (Fsp3) is 0.533. The van der Waals surface area contributed by atoms with Gasteiger partial charge in [-0.15, -0.1) is 0 Å². The summed E-state index contributed by atoms with van der Waals surface area (Å²) in [4.78, 5) is 12.1. The van der Waals surface area contributed by atoms with Gasteiger partial charge >= 0.3 is 0 Å². The van der Waals surface area contributed by atoms with Gasteiger partial charge in [-0.25, -0.2) is 0 Å². The number of hydrogen-bond acceptors (Lipinski definition) is 3. The maximum Gasteiger partial charge on any atom is 0.261 e. The lowest BCUT2D eigenvalue weighted by atomic mass is 9.94. The molecule has 0 heterocycles. The first-order chi connectivity index (χ1) is 9.40. The zero-order valence-corrected chi connectivity index (χ0v) is 12.9. The lowest BCUT2D eigenvalue weighted by Crippen LogP contribution is -2.50. The van der Waals surface area contributed by atoms with Crippen LogP contribution in [0, 0.1) is 0 Å². The first kappa shape index (κ1) is 16.8. The van der Waals surface area contributed by atoms with Crippen molar-refractivity contribution in [2.45, 2.75) is 45.3 Å². The van der Waals surface area contributed by atoms with Crippen molar-refractivity contribution in [1.82, 2.24) is 5.32 Å². The number of halogens is 1. The molecule has 0 fully saturated rings. The van der Waals surface area contributed by atoms with E-state index in [0.29, 0.717) is 17.2 Å². The van der Waals surface area contributed by atoms with Gasteiger partial charge in [-0.3, -0.25) is 4.79 Å². The number of nitrogens with one attached hydrogen (secondary N) is 1. The third kappa shape index (κ3) is 5.02. The molecule has 0 spiro atoms. The van der Waals surface area contributed by atoms with Crippen molar-refractivity contribution < 1.29 is 14.6 Å². The fourth-order valence-electron chi connectivity index (χ4n) is 1.77. The van der Waals surface area contributed by atoms with Gasteiger partial charge in [0, 0.05) is 17.2 Å². The lowest BCUT2D eigenvalue weighted by Gasteiger charge is -2.30. The van der Waals surface area contributed by atoms with E-state index in [2.05, 4.69) is 5.32 Å². The van der Waals surface area contributed by atoms with Crippen LogP contribution in [0.3, 0.4) is 0 Å². The first-order valence-corrected chi connectivity index (χ1v) is 7.13. The average molecular weight is 300 g/mol. The predicted molar refractivity (Wildman–Crippen MR) is 80.1 cm³/mol. The van der Waals surface area contributed by atoms with Crippen LogP contribution in [-0.2, 0) is 4.79 Å². The third-order valence-electron chi connectivity index (χ3n) is 3.35. The summed E-state index contributed by atoms with van der Waals surface area (Å²) in [6, 6.07) is 6.93. The maximum absolute atomic E-state index is 12.1. The molecule has 2 atom stereocenters. The minimum Gasteiger partial charge on any atom is -0.481 e. The molecule has 4 nitrogen and oxygen atoms in total. The van der Waals surface area contributed by atoms with Crippen LogP contribution in [-0.4, -0.2) is 29.3 Å². The standard InChI is InChI=1S/C15H22ClNO3/c1-4-15(3,8-9-18)17-14(19)11(2)20-13-7-5-6-12(16)10-13/h5-7,10-11,18H,4,8-9H2,1-3H3,(H,17,19). The number of amides is 1. The molecule has 20 heavy (non-hydrogen) atoms. The SMILES string of the molecule is CCC(C)(CCO)NC(=O)C(C)Oc1cccc(Cl)c1. The molecular weight excluding hydrogens is 278 g/mol. The van der Waals surface area contributed by atoms with Crippen molar-refractivity contribution in [3.63, 3.8) is 0 Å². The van der Waals surface area contributed by atoms with Crippen molar-refractivity contribution >= 4 is 17.5 Å². The largest absolute Gasteiger partial charge is 0.481 e. The van der Waals surface area contributed by atoms with Crippen LogP contribution in [0.4, 0.5) is 0 Å². The van der Waals surface area contributed by atoms with Crippen LogP contribution in [0.1, 0.15) is 33.6 Å². The minimum atomic E-state index is -0.627. The Morgan fingerprint density at radius 3 is 2.80 bits per heavy atom. The molecule has 1 amide bonds. The molecule has 0 aliphatic carbocycles. The second kappa shape index (κ2) is 7.50. The van der Waals surface area contributed by atoms with E-state index in [9.17, 15) is 4.79 Å². The number of rotatable bonds is 7. The summed E-state index contributed by atoms with van der Waals surface area (Å²) in [5, 5.41) is 12.5. The summed E-state index contributed by atoms with van der Waals surface area (Å²) < 4.78 is 5.57. The van der Waals surface area contributed by atoms with Crippen molar-refractivity contribution in [2.75, 3.05) is 6.61 Å². The van der Waals surface area contributed by atoms with E-state index in [1.165, 1.54) is 0 Å². The Morgan fingerprint density at radius 1 is 1.55 bits per heavy atom. The van der Waals surface area contributed by atoms with Gasteiger partial charge in [0.05, 0.1) is 0 Å². The lowest BCUT2D eigenvalue weighted by molar-refractivity contribution is -0.129. The maximum atomic E-state index is 12.1. The molecule has 0 aromatic heterocycles. The second-order valence-corrected chi connectivity index (χ2v) is 5.53. The van der Waals surface area contributed by atoms with E-state index in [1.807, 2.05) is 13.8 Å². The molecule has 2 unspecified atom stereocenters. The van der Waals surface area contributed by atoms with E-state index in [0.717, 1.165) is 6.42 Å². The average Bonchev–Trinajstić information content (AvgIpc) is 2.38. The highest BCUT2D eigenvalue weighted by Gasteiger charge is 2.26. The number of benzene rings is 1. The Labute approximate surface area is 125 Å². The van der Waals surface area contributed by atoms with Gasteiger partial charge in [0.1, 0.15) is 5.75 Å². The summed E-state index contributed by atoms with van der Waals surface area (Å²) >= 11 is 5.87. The number of aliphatic hydroxyl groups is 1. The van der Waals surface area contributed by atoms with Crippen LogP contribution in [0.15, 0.2) is 24.3 Å². The first-order valence-electron chi connectivity index (χ1n) is 6.75. The van der Waals surface area contributed by atoms with Crippen molar-refractivity contribution in [2.24, 2.45) is 0 Å². The van der Waals surface area contributed by atoms with E-state index in [-0.39, 0.29) is 12.5 Å². The Balaban J connectivity index is 2.63. The van der Waals surface area contributed by atoms with Crippen LogP contribution >= 0.6 is 11.6 Å². The minimum absolute atomic E-state index is 0.0359. The molecule has 0 radical (unpaired) electrons. The summed E-state index contributed by atoms with van der Waals surface area (Å²) in [5.41, 5.74) is -0.419. The van der Waals surface area contributed by atoms with Gasteiger partial charge in [-0.1, -0.05) is 24.6 Å². The molecular formula is C15H22ClNO3. The fourth-order valence-corrected chi connectivity index (χ4v) is 1.95. The molecule has 112 valence electrons. The van der Waals surface area contributed by atoms with E-state index in [4.69, 9.17) is 21.4 Å². The Morgan fingerprint density at radius 2 is 2.25 bits per heavy atom. The van der Waals surface area contributed by atoms with Crippen molar-refractivity contribution in [3.8, 4) is 5.75 Å².